The summed E-state index contributed by atoms with van der Waals surface area (Å²) in [6, 6.07) is 3.60. The number of hydrogen-bond acceptors (Lipinski definition) is 4. The number of rotatable bonds is 7. The molecule has 3 N–H and O–H groups in total. The Balaban J connectivity index is 2.36. The summed E-state index contributed by atoms with van der Waals surface area (Å²) in [5.74, 6) is 1.16. The molecule has 0 aromatic carbocycles. The van der Waals surface area contributed by atoms with Crippen LogP contribution in [0.1, 0.15) is 20.8 Å². The van der Waals surface area contributed by atoms with Gasteiger partial charge in [0.05, 0.1) is 0 Å². The van der Waals surface area contributed by atoms with Crippen molar-refractivity contribution in [2.24, 2.45) is 10.9 Å². The predicted octanol–water partition coefficient (Wildman–Crippen LogP) is 1.24. The molecular formula is C13H24N4O2S2. The van der Waals surface area contributed by atoms with Crippen LogP contribution in [0, 0.1) is 5.92 Å². The highest BCUT2D eigenvalue weighted by Gasteiger charge is 2.14. The standard InChI is InChI=1S/C13H24N4O2S2/c1-10(2)11(3)17-13(14-4)15-7-8-16-21(18,19)12-6-5-9-20-12/h5-6,9-11,16H,7-8H2,1-4H3,(H2,14,15,17). The van der Waals surface area contributed by atoms with Crippen LogP contribution in [-0.4, -0.2) is 40.6 Å². The number of hydrogen-bond donors (Lipinski definition) is 3. The molecule has 0 fully saturated rings. The van der Waals surface area contributed by atoms with Crippen molar-refractivity contribution in [3.8, 4) is 0 Å². The maximum Gasteiger partial charge on any atom is 0.250 e. The SMILES string of the molecule is CN=C(NCCNS(=O)(=O)c1cccs1)NC(C)C(C)C. The molecule has 8 heteroatoms. The first-order valence-corrected chi connectivity index (χ1v) is 9.23. The third-order valence-electron chi connectivity index (χ3n) is 3.06. The lowest BCUT2D eigenvalue weighted by molar-refractivity contribution is 0.481. The van der Waals surface area contributed by atoms with Gasteiger partial charge in [-0.25, -0.2) is 13.1 Å². The second-order valence-electron chi connectivity index (χ2n) is 5.01. The van der Waals surface area contributed by atoms with E-state index in [1.165, 1.54) is 11.3 Å². The smallest absolute Gasteiger partial charge is 0.250 e. The Morgan fingerprint density at radius 3 is 2.57 bits per heavy atom. The first kappa shape index (κ1) is 17.9. The van der Waals surface area contributed by atoms with Gasteiger partial charge in [-0.15, -0.1) is 11.3 Å². The van der Waals surface area contributed by atoms with Gasteiger partial charge in [-0.2, -0.15) is 0 Å². The van der Waals surface area contributed by atoms with Crippen molar-refractivity contribution in [2.75, 3.05) is 20.1 Å². The molecule has 6 nitrogen and oxygen atoms in total. The van der Waals surface area contributed by atoms with Crippen molar-refractivity contribution >= 4 is 27.3 Å². The summed E-state index contributed by atoms with van der Waals surface area (Å²) < 4.78 is 26.7. The fraction of sp³-hybridized carbons (Fsp3) is 0.615. The Bertz CT molecular complexity index is 539. The molecule has 1 aromatic rings. The molecule has 0 saturated carbocycles. The molecule has 0 aliphatic carbocycles. The van der Waals surface area contributed by atoms with E-state index in [0.717, 1.165) is 0 Å². The minimum absolute atomic E-state index is 0.291. The maximum absolute atomic E-state index is 11.9. The summed E-state index contributed by atoms with van der Waals surface area (Å²) in [5, 5.41) is 8.09. The average Bonchev–Trinajstić information content (AvgIpc) is 2.96. The van der Waals surface area contributed by atoms with E-state index in [1.54, 1.807) is 24.6 Å². The highest BCUT2D eigenvalue weighted by molar-refractivity contribution is 7.91. The Morgan fingerprint density at radius 2 is 2.05 bits per heavy atom. The summed E-state index contributed by atoms with van der Waals surface area (Å²) in [7, 11) is -1.70. The molecule has 0 bridgehead atoms. The molecule has 0 saturated heterocycles. The second kappa shape index (κ2) is 8.35. The number of nitrogens with one attached hydrogen (secondary N) is 3. The van der Waals surface area contributed by atoms with Crippen LogP contribution in [-0.2, 0) is 10.0 Å². The number of guanidine groups is 1. The van der Waals surface area contributed by atoms with Gasteiger partial charge >= 0.3 is 0 Å². The Hall–Kier alpha value is -1.12. The van der Waals surface area contributed by atoms with E-state index in [-0.39, 0.29) is 0 Å². The second-order valence-corrected chi connectivity index (χ2v) is 7.95. The quantitative estimate of drug-likeness (QED) is 0.398. The zero-order valence-corrected chi connectivity index (χ0v) is 14.5. The maximum atomic E-state index is 11.9. The van der Waals surface area contributed by atoms with Crippen LogP contribution in [0.2, 0.25) is 0 Å². The third-order valence-corrected chi connectivity index (χ3v) is 5.92. The summed E-state index contributed by atoms with van der Waals surface area (Å²) in [5.41, 5.74) is 0. The molecule has 0 aliphatic rings. The number of nitrogens with zero attached hydrogens (tertiary/aromatic N) is 1. The van der Waals surface area contributed by atoms with Gasteiger partial charge in [-0.3, -0.25) is 4.99 Å². The number of thiophene rings is 1. The molecule has 0 radical (unpaired) electrons. The van der Waals surface area contributed by atoms with Crippen LogP contribution < -0.4 is 15.4 Å². The summed E-state index contributed by atoms with van der Waals surface area (Å²) in [4.78, 5) is 4.11. The summed E-state index contributed by atoms with van der Waals surface area (Å²) in [6.45, 7) is 7.10. The highest BCUT2D eigenvalue weighted by atomic mass is 32.2. The van der Waals surface area contributed by atoms with Gasteiger partial charge in [-0.1, -0.05) is 19.9 Å². The monoisotopic (exact) mass is 332 g/mol. The Kier molecular flexibility index (Phi) is 7.13. The molecule has 1 unspecified atom stereocenters. The van der Waals surface area contributed by atoms with Crippen molar-refractivity contribution in [1.82, 2.24) is 15.4 Å². The van der Waals surface area contributed by atoms with Crippen LogP contribution in [0.5, 0.6) is 0 Å². The van der Waals surface area contributed by atoms with Gasteiger partial charge in [0.25, 0.3) is 0 Å². The Morgan fingerprint density at radius 1 is 1.33 bits per heavy atom. The fourth-order valence-corrected chi connectivity index (χ4v) is 3.50. The lowest BCUT2D eigenvalue weighted by Gasteiger charge is -2.20. The van der Waals surface area contributed by atoms with E-state index in [1.807, 2.05) is 0 Å². The molecule has 21 heavy (non-hydrogen) atoms. The molecule has 120 valence electrons. The minimum Gasteiger partial charge on any atom is -0.355 e. The molecular weight excluding hydrogens is 308 g/mol. The highest BCUT2D eigenvalue weighted by Crippen LogP contribution is 2.14. The third kappa shape index (κ3) is 6.03. The van der Waals surface area contributed by atoms with Crippen LogP contribution in [0.4, 0.5) is 0 Å². The zero-order chi connectivity index (χ0) is 15.9. The molecule has 1 aromatic heterocycles. The normalized spacial score (nSPS) is 14.2. The van der Waals surface area contributed by atoms with E-state index in [0.29, 0.717) is 35.2 Å². The minimum atomic E-state index is -3.39. The molecule has 1 atom stereocenters. The van der Waals surface area contributed by atoms with E-state index in [9.17, 15) is 8.42 Å². The van der Waals surface area contributed by atoms with Crippen LogP contribution in [0.15, 0.2) is 26.7 Å². The largest absolute Gasteiger partial charge is 0.355 e. The van der Waals surface area contributed by atoms with Gasteiger partial charge in [0.2, 0.25) is 10.0 Å². The van der Waals surface area contributed by atoms with Crippen molar-refractivity contribution in [3.63, 3.8) is 0 Å². The van der Waals surface area contributed by atoms with E-state index < -0.39 is 10.0 Å². The van der Waals surface area contributed by atoms with Gasteiger partial charge in [0, 0.05) is 26.2 Å². The van der Waals surface area contributed by atoms with Crippen LogP contribution in [0.25, 0.3) is 0 Å². The summed E-state index contributed by atoms with van der Waals surface area (Å²) in [6.07, 6.45) is 0. The number of sulfonamides is 1. The van der Waals surface area contributed by atoms with Crippen molar-refractivity contribution < 1.29 is 8.42 Å². The molecule has 1 rings (SSSR count). The van der Waals surface area contributed by atoms with E-state index in [2.05, 4.69) is 41.1 Å². The lowest BCUT2D eigenvalue weighted by Crippen LogP contribution is -2.46. The van der Waals surface area contributed by atoms with E-state index in [4.69, 9.17) is 0 Å². The van der Waals surface area contributed by atoms with Crippen molar-refractivity contribution in [1.29, 1.82) is 0 Å². The average molecular weight is 332 g/mol. The lowest BCUT2D eigenvalue weighted by atomic mass is 10.1. The molecule has 0 spiro atoms. The first-order chi connectivity index (χ1) is 9.86. The fourth-order valence-electron chi connectivity index (χ4n) is 1.43. The molecule has 1 heterocycles. The molecule has 0 amide bonds. The van der Waals surface area contributed by atoms with Crippen LogP contribution >= 0.6 is 11.3 Å². The number of aliphatic imine (C=N–C) groups is 1. The van der Waals surface area contributed by atoms with Gasteiger partial charge in [0.15, 0.2) is 5.96 Å². The van der Waals surface area contributed by atoms with Gasteiger partial charge < -0.3 is 10.6 Å². The van der Waals surface area contributed by atoms with Gasteiger partial charge in [0.1, 0.15) is 4.21 Å². The predicted molar refractivity (Wildman–Crippen MR) is 88.3 cm³/mol. The Labute approximate surface area is 131 Å². The topological polar surface area (TPSA) is 82.6 Å². The van der Waals surface area contributed by atoms with Crippen molar-refractivity contribution in [3.05, 3.63) is 17.5 Å². The van der Waals surface area contributed by atoms with Crippen molar-refractivity contribution in [2.45, 2.75) is 31.0 Å². The first-order valence-electron chi connectivity index (χ1n) is 6.87. The molecule has 0 aliphatic heterocycles. The summed E-state index contributed by atoms with van der Waals surface area (Å²) >= 11 is 1.20. The van der Waals surface area contributed by atoms with Gasteiger partial charge in [-0.05, 0) is 24.3 Å². The van der Waals surface area contributed by atoms with Crippen LogP contribution in [0.3, 0.4) is 0 Å². The van der Waals surface area contributed by atoms with E-state index >= 15 is 0 Å². The zero-order valence-electron chi connectivity index (χ0n) is 12.9.